The van der Waals surface area contributed by atoms with Crippen LogP contribution in [-0.2, 0) is 16.0 Å². The number of amides is 3. The smallest absolute Gasteiger partial charge is 0.409 e. The first kappa shape index (κ1) is 24.1. The van der Waals surface area contributed by atoms with E-state index in [0.29, 0.717) is 39.0 Å². The van der Waals surface area contributed by atoms with Crippen molar-refractivity contribution in [3.63, 3.8) is 0 Å². The number of piperidine rings is 1. The molecule has 1 aliphatic rings. The first-order valence-corrected chi connectivity index (χ1v) is 11.2. The molecule has 2 aromatic rings. The van der Waals surface area contributed by atoms with Crippen LogP contribution in [0.5, 0.6) is 0 Å². The Balaban J connectivity index is 1.58. The van der Waals surface area contributed by atoms with Crippen LogP contribution in [0.2, 0.25) is 0 Å². The van der Waals surface area contributed by atoms with Crippen molar-refractivity contribution < 1.29 is 24.2 Å². The molecule has 1 saturated heterocycles. The zero-order chi connectivity index (χ0) is 23.8. The predicted molar refractivity (Wildman–Crippen MR) is 126 cm³/mol. The van der Waals surface area contributed by atoms with Gasteiger partial charge in [-0.05, 0) is 55.0 Å². The number of aryl methyl sites for hydroxylation is 1. The van der Waals surface area contributed by atoms with Gasteiger partial charge in [-0.25, -0.2) is 9.59 Å². The van der Waals surface area contributed by atoms with Gasteiger partial charge in [-0.15, -0.1) is 0 Å². The molecule has 0 radical (unpaired) electrons. The van der Waals surface area contributed by atoms with Crippen molar-refractivity contribution in [2.24, 2.45) is 0 Å². The van der Waals surface area contributed by atoms with Crippen molar-refractivity contribution in [1.82, 2.24) is 10.2 Å². The third-order valence-corrected chi connectivity index (χ3v) is 5.80. The monoisotopic (exact) mass is 453 g/mol. The molecule has 0 saturated carbocycles. The number of nitrogens with one attached hydrogen (secondary N) is 1. The van der Waals surface area contributed by atoms with Crippen LogP contribution < -0.4 is 10.2 Å². The molecule has 3 amide bonds. The number of anilines is 1. The zero-order valence-corrected chi connectivity index (χ0v) is 19.1. The number of aliphatic carboxylic acids is 1. The number of hydrogen-bond donors (Lipinski definition) is 2. The van der Waals surface area contributed by atoms with Gasteiger partial charge in [0.25, 0.3) is 0 Å². The summed E-state index contributed by atoms with van der Waals surface area (Å²) in [6.45, 7) is 3.26. The number of rotatable bonds is 7. The molecule has 0 aromatic heterocycles. The summed E-state index contributed by atoms with van der Waals surface area (Å²) in [5, 5.41) is 11.9. The van der Waals surface area contributed by atoms with E-state index >= 15 is 0 Å². The van der Waals surface area contributed by atoms with Gasteiger partial charge in [0, 0.05) is 38.3 Å². The van der Waals surface area contributed by atoms with Crippen LogP contribution in [0, 0.1) is 0 Å². The Labute approximate surface area is 194 Å². The number of carboxylic acid groups (broad SMARTS) is 1. The number of nitrogens with zero attached hydrogens (tertiary/aromatic N) is 2. The number of urea groups is 1. The molecule has 0 atom stereocenters. The molecule has 8 nitrogen and oxygen atoms in total. The summed E-state index contributed by atoms with van der Waals surface area (Å²) >= 11 is 0. The Morgan fingerprint density at radius 3 is 2.42 bits per heavy atom. The SMILES string of the molecule is CCOC(=O)N1CCC(NC(=O)N(C)c2cccc(-c3ccc(CCC(=O)O)cc3)c2)CC1. The summed E-state index contributed by atoms with van der Waals surface area (Å²) in [6, 6.07) is 15.3. The third kappa shape index (κ3) is 6.71. The fourth-order valence-corrected chi connectivity index (χ4v) is 3.82. The molecular formula is C25H31N3O5. The standard InChI is InChI=1S/C25H31N3O5/c1-3-33-25(32)28-15-13-21(14-16-28)26-24(31)27(2)22-6-4-5-20(17-22)19-10-7-18(8-11-19)9-12-23(29)30/h4-8,10-11,17,21H,3,9,12-16H2,1-2H3,(H,26,31)(H,29,30). The van der Waals surface area contributed by atoms with Crippen molar-refractivity contribution in [2.75, 3.05) is 31.6 Å². The molecule has 0 unspecified atom stereocenters. The fourth-order valence-electron chi connectivity index (χ4n) is 3.82. The summed E-state index contributed by atoms with van der Waals surface area (Å²) in [4.78, 5) is 38.7. The number of likely N-dealkylation sites (tertiary alicyclic amines) is 1. The zero-order valence-electron chi connectivity index (χ0n) is 19.1. The Hall–Kier alpha value is -3.55. The highest BCUT2D eigenvalue weighted by Gasteiger charge is 2.25. The van der Waals surface area contributed by atoms with Crippen molar-refractivity contribution in [1.29, 1.82) is 0 Å². The molecule has 3 rings (SSSR count). The quantitative estimate of drug-likeness (QED) is 0.657. The molecule has 1 heterocycles. The highest BCUT2D eigenvalue weighted by Crippen LogP contribution is 2.25. The maximum atomic E-state index is 12.8. The molecule has 2 aromatic carbocycles. The van der Waals surface area contributed by atoms with Gasteiger partial charge >= 0.3 is 18.1 Å². The second kappa shape index (κ2) is 11.4. The van der Waals surface area contributed by atoms with Gasteiger partial charge in [-0.3, -0.25) is 9.69 Å². The van der Waals surface area contributed by atoms with Crippen LogP contribution >= 0.6 is 0 Å². The lowest BCUT2D eigenvalue weighted by Gasteiger charge is -2.32. The van der Waals surface area contributed by atoms with Gasteiger partial charge in [-0.1, -0.05) is 36.4 Å². The Bertz CT molecular complexity index is 968. The second-order valence-corrected chi connectivity index (χ2v) is 8.11. The minimum absolute atomic E-state index is 0.00663. The summed E-state index contributed by atoms with van der Waals surface area (Å²) < 4.78 is 5.04. The molecule has 8 heteroatoms. The van der Waals surface area contributed by atoms with E-state index in [1.165, 1.54) is 0 Å². The van der Waals surface area contributed by atoms with E-state index in [0.717, 1.165) is 22.4 Å². The summed E-state index contributed by atoms with van der Waals surface area (Å²) in [7, 11) is 1.73. The lowest BCUT2D eigenvalue weighted by molar-refractivity contribution is -0.136. The summed E-state index contributed by atoms with van der Waals surface area (Å²) in [6.07, 6.45) is 1.68. The van der Waals surface area contributed by atoms with Crippen molar-refractivity contribution in [3.05, 3.63) is 54.1 Å². The van der Waals surface area contributed by atoms with E-state index in [1.807, 2.05) is 48.5 Å². The predicted octanol–water partition coefficient (Wildman–Crippen LogP) is 4.14. The second-order valence-electron chi connectivity index (χ2n) is 8.11. The first-order chi connectivity index (χ1) is 15.9. The van der Waals surface area contributed by atoms with E-state index in [9.17, 15) is 14.4 Å². The van der Waals surface area contributed by atoms with Crippen LogP contribution in [0.25, 0.3) is 11.1 Å². The molecule has 0 spiro atoms. The molecule has 0 bridgehead atoms. The molecule has 176 valence electrons. The Morgan fingerprint density at radius 2 is 1.79 bits per heavy atom. The first-order valence-electron chi connectivity index (χ1n) is 11.2. The van der Waals surface area contributed by atoms with Gasteiger partial charge in [0.05, 0.1) is 6.61 Å². The molecule has 1 fully saturated rings. The average molecular weight is 454 g/mol. The van der Waals surface area contributed by atoms with Crippen molar-refractivity contribution in [2.45, 2.75) is 38.6 Å². The highest BCUT2D eigenvalue weighted by molar-refractivity contribution is 5.92. The van der Waals surface area contributed by atoms with Gasteiger partial charge in [0.1, 0.15) is 0 Å². The van der Waals surface area contributed by atoms with E-state index in [1.54, 1.807) is 23.8 Å². The summed E-state index contributed by atoms with van der Waals surface area (Å²) in [5.41, 5.74) is 3.71. The molecule has 0 aliphatic carbocycles. The number of carbonyl (C=O) groups is 3. The molecule has 2 N–H and O–H groups in total. The van der Waals surface area contributed by atoms with Crippen LogP contribution in [0.3, 0.4) is 0 Å². The lowest BCUT2D eigenvalue weighted by Crippen LogP contribution is -2.49. The van der Waals surface area contributed by atoms with E-state index in [2.05, 4.69) is 5.32 Å². The maximum absolute atomic E-state index is 12.8. The van der Waals surface area contributed by atoms with Crippen LogP contribution in [-0.4, -0.2) is 60.9 Å². The molecular weight excluding hydrogens is 422 g/mol. The van der Waals surface area contributed by atoms with E-state index in [4.69, 9.17) is 9.84 Å². The lowest BCUT2D eigenvalue weighted by atomic mass is 10.0. The molecule has 1 aliphatic heterocycles. The van der Waals surface area contributed by atoms with Crippen LogP contribution in [0.4, 0.5) is 15.3 Å². The van der Waals surface area contributed by atoms with Crippen molar-refractivity contribution in [3.8, 4) is 11.1 Å². The van der Waals surface area contributed by atoms with Crippen LogP contribution in [0.15, 0.2) is 48.5 Å². The van der Waals surface area contributed by atoms with Crippen molar-refractivity contribution >= 4 is 23.8 Å². The van der Waals surface area contributed by atoms with E-state index in [-0.39, 0.29) is 24.6 Å². The summed E-state index contributed by atoms with van der Waals surface area (Å²) in [5.74, 6) is -0.808. The number of carboxylic acids is 1. The highest BCUT2D eigenvalue weighted by atomic mass is 16.6. The van der Waals surface area contributed by atoms with Gasteiger partial charge in [0.15, 0.2) is 0 Å². The van der Waals surface area contributed by atoms with Crippen LogP contribution in [0.1, 0.15) is 31.7 Å². The van der Waals surface area contributed by atoms with Gasteiger partial charge < -0.3 is 20.1 Å². The van der Waals surface area contributed by atoms with E-state index < -0.39 is 5.97 Å². The normalized spacial score (nSPS) is 13.9. The largest absolute Gasteiger partial charge is 0.481 e. The number of ether oxygens (including phenoxy) is 1. The average Bonchev–Trinajstić information content (AvgIpc) is 2.83. The minimum atomic E-state index is -0.808. The minimum Gasteiger partial charge on any atom is -0.481 e. The third-order valence-electron chi connectivity index (χ3n) is 5.80. The maximum Gasteiger partial charge on any atom is 0.409 e. The number of carbonyl (C=O) groups excluding carboxylic acids is 2. The van der Waals surface area contributed by atoms with Gasteiger partial charge in [0.2, 0.25) is 0 Å². The number of benzene rings is 2. The number of hydrogen-bond acceptors (Lipinski definition) is 4. The van der Waals surface area contributed by atoms with Gasteiger partial charge in [-0.2, -0.15) is 0 Å². The Kier molecular flexibility index (Phi) is 8.29. The topological polar surface area (TPSA) is 99.2 Å². The Morgan fingerprint density at radius 1 is 1.09 bits per heavy atom. The fraction of sp³-hybridized carbons (Fsp3) is 0.400. The molecule has 33 heavy (non-hydrogen) atoms.